The van der Waals surface area contributed by atoms with Gasteiger partial charge in [-0.2, -0.15) is 17.0 Å². The van der Waals surface area contributed by atoms with Crippen molar-refractivity contribution in [2.24, 2.45) is 0 Å². The number of carbonyl (C=O) groups excluding carboxylic acids is 2. The number of nitriles is 1. The number of amides is 3. The first-order valence-corrected chi connectivity index (χ1v) is 14.3. The Morgan fingerprint density at radius 2 is 2.13 bits per heavy atom. The Hall–Kier alpha value is -3.36. The number of anilines is 3. The molecule has 0 bridgehead atoms. The van der Waals surface area contributed by atoms with Gasteiger partial charge in [0.05, 0.1) is 17.8 Å². The van der Waals surface area contributed by atoms with Gasteiger partial charge in [0, 0.05) is 55.9 Å². The Labute approximate surface area is 227 Å². The van der Waals surface area contributed by atoms with E-state index in [2.05, 4.69) is 27.8 Å². The largest absolute Gasteiger partial charge is 0.383 e. The van der Waals surface area contributed by atoms with E-state index < -0.39 is 0 Å². The number of rotatable bonds is 6. The lowest BCUT2D eigenvalue weighted by atomic mass is 10.0. The maximum absolute atomic E-state index is 13.3. The molecule has 3 aliphatic heterocycles. The number of nitrogens with zero attached hydrogens (tertiary/aromatic N) is 6. The number of likely N-dealkylation sites (N-methyl/N-ethyl adjacent to an activating group) is 1. The maximum Gasteiger partial charge on any atom is 0.328 e. The molecular formula is C27H34N8O2S. The molecule has 2 aromatic rings. The normalized spacial score (nSPS) is 19.7. The van der Waals surface area contributed by atoms with E-state index in [1.807, 2.05) is 35.5 Å². The van der Waals surface area contributed by atoms with Crippen molar-refractivity contribution in [3.05, 3.63) is 40.7 Å². The molecule has 10 nitrogen and oxygen atoms in total. The molecular weight excluding hydrogens is 500 g/mol. The number of nitrogens with one attached hydrogen (secondary N) is 2. The van der Waals surface area contributed by atoms with Crippen LogP contribution in [-0.4, -0.2) is 82.5 Å². The second-order valence-electron chi connectivity index (χ2n) is 10.2. The minimum Gasteiger partial charge on any atom is -0.383 e. The lowest BCUT2D eigenvalue weighted by Gasteiger charge is -2.33. The molecule has 5 heterocycles. The number of urea groups is 1. The van der Waals surface area contributed by atoms with Gasteiger partial charge in [0.25, 0.3) is 0 Å². The monoisotopic (exact) mass is 534 g/mol. The number of aromatic nitrogens is 2. The van der Waals surface area contributed by atoms with E-state index in [-0.39, 0.29) is 11.9 Å². The van der Waals surface area contributed by atoms with Crippen molar-refractivity contribution in [2.45, 2.75) is 44.4 Å². The zero-order chi connectivity index (χ0) is 26.6. The van der Waals surface area contributed by atoms with Crippen LogP contribution >= 0.6 is 11.8 Å². The van der Waals surface area contributed by atoms with Crippen molar-refractivity contribution in [2.75, 3.05) is 61.1 Å². The Morgan fingerprint density at radius 3 is 2.89 bits per heavy atom. The second kappa shape index (κ2) is 11.6. The number of hydrogen-bond donors (Lipinski definition) is 2. The highest BCUT2D eigenvalue weighted by Crippen LogP contribution is 2.30. The summed E-state index contributed by atoms with van der Waals surface area (Å²) in [7, 11) is 1.96. The number of pyridine rings is 2. The number of thioether (sulfide) groups is 1. The molecule has 1 atom stereocenters. The minimum absolute atomic E-state index is 0.127. The van der Waals surface area contributed by atoms with Gasteiger partial charge in [0.1, 0.15) is 17.7 Å². The molecule has 38 heavy (non-hydrogen) atoms. The van der Waals surface area contributed by atoms with E-state index in [1.54, 1.807) is 11.0 Å². The molecule has 0 aromatic carbocycles. The fraction of sp³-hybridized carbons (Fsp3) is 0.519. The first kappa shape index (κ1) is 26.3. The Balaban J connectivity index is 1.29. The Morgan fingerprint density at radius 1 is 1.26 bits per heavy atom. The minimum atomic E-state index is -0.297. The van der Waals surface area contributed by atoms with Crippen LogP contribution in [0.5, 0.6) is 0 Å². The zero-order valence-corrected chi connectivity index (χ0v) is 22.8. The molecule has 200 valence electrons. The first-order chi connectivity index (χ1) is 18.4. The standard InChI is InChI=1S/C27H34N8O2S/c1-18-20(16-34-9-8-33(2)17-25(34)36)11-19-5-3-7-35(26(19)31-18)27(37)32-24-12-23(21(13-28)14-30-24)29-15-22-6-4-10-38-22/h11-12,14,22H,3-10,15-17H2,1-2H3,(H2,29,30,32,37). The molecule has 2 N–H and O–H groups in total. The highest BCUT2D eigenvalue weighted by Gasteiger charge is 2.27. The number of fused-ring (bicyclic) bond motifs is 1. The molecule has 2 saturated heterocycles. The molecule has 0 saturated carbocycles. The highest BCUT2D eigenvalue weighted by molar-refractivity contribution is 8.00. The van der Waals surface area contributed by atoms with E-state index >= 15 is 0 Å². The van der Waals surface area contributed by atoms with Gasteiger partial charge in [-0.15, -0.1) is 0 Å². The molecule has 0 radical (unpaired) electrons. The van der Waals surface area contributed by atoms with Crippen LogP contribution in [0.2, 0.25) is 0 Å². The van der Waals surface area contributed by atoms with Gasteiger partial charge >= 0.3 is 6.03 Å². The Bertz CT molecular complexity index is 1260. The predicted molar refractivity (Wildman–Crippen MR) is 149 cm³/mol. The third kappa shape index (κ3) is 5.87. The van der Waals surface area contributed by atoms with Gasteiger partial charge in [0.15, 0.2) is 0 Å². The molecule has 0 aliphatic carbocycles. The average molecular weight is 535 g/mol. The third-order valence-corrected chi connectivity index (χ3v) is 8.78. The lowest BCUT2D eigenvalue weighted by molar-refractivity contribution is -0.136. The topological polar surface area (TPSA) is 117 Å². The first-order valence-electron chi connectivity index (χ1n) is 13.2. The molecule has 11 heteroatoms. The summed E-state index contributed by atoms with van der Waals surface area (Å²) in [5, 5.41) is 16.3. The van der Waals surface area contributed by atoms with Gasteiger partial charge in [0.2, 0.25) is 5.91 Å². The van der Waals surface area contributed by atoms with Crippen molar-refractivity contribution in [1.82, 2.24) is 19.8 Å². The van der Waals surface area contributed by atoms with Crippen LogP contribution in [0.25, 0.3) is 0 Å². The summed E-state index contributed by atoms with van der Waals surface area (Å²) in [5.74, 6) is 2.35. The summed E-state index contributed by atoms with van der Waals surface area (Å²) >= 11 is 1.95. The smallest absolute Gasteiger partial charge is 0.328 e. The summed E-state index contributed by atoms with van der Waals surface area (Å²) in [6.07, 6.45) is 5.55. The van der Waals surface area contributed by atoms with Crippen molar-refractivity contribution in [1.29, 1.82) is 5.26 Å². The van der Waals surface area contributed by atoms with Crippen molar-refractivity contribution in [3.8, 4) is 6.07 Å². The number of aryl methyl sites for hydroxylation is 2. The number of carbonyl (C=O) groups is 2. The van der Waals surface area contributed by atoms with Crippen LogP contribution in [0.1, 0.15) is 41.6 Å². The average Bonchev–Trinajstić information content (AvgIpc) is 3.43. The van der Waals surface area contributed by atoms with Gasteiger partial charge in [-0.25, -0.2) is 14.8 Å². The van der Waals surface area contributed by atoms with E-state index in [9.17, 15) is 14.9 Å². The third-order valence-electron chi connectivity index (χ3n) is 7.38. The van der Waals surface area contributed by atoms with E-state index in [4.69, 9.17) is 4.98 Å². The lowest BCUT2D eigenvalue weighted by Crippen LogP contribution is -2.48. The van der Waals surface area contributed by atoms with Gasteiger partial charge in [-0.3, -0.25) is 19.9 Å². The van der Waals surface area contributed by atoms with Crippen LogP contribution in [0.15, 0.2) is 18.3 Å². The molecule has 1 unspecified atom stereocenters. The van der Waals surface area contributed by atoms with Crippen molar-refractivity contribution >= 4 is 41.0 Å². The summed E-state index contributed by atoms with van der Waals surface area (Å²) in [5.41, 5.74) is 3.99. The quantitative estimate of drug-likeness (QED) is 0.580. The van der Waals surface area contributed by atoms with Crippen LogP contribution in [0.3, 0.4) is 0 Å². The predicted octanol–water partition coefficient (Wildman–Crippen LogP) is 3.22. The summed E-state index contributed by atoms with van der Waals surface area (Å²) in [6.45, 7) is 5.80. The zero-order valence-electron chi connectivity index (χ0n) is 22.0. The van der Waals surface area contributed by atoms with Crippen LogP contribution in [0, 0.1) is 18.3 Å². The fourth-order valence-electron chi connectivity index (χ4n) is 5.15. The van der Waals surface area contributed by atoms with Crippen LogP contribution in [0.4, 0.5) is 22.1 Å². The van der Waals surface area contributed by atoms with Gasteiger partial charge < -0.3 is 10.2 Å². The maximum atomic E-state index is 13.3. The Kier molecular flexibility index (Phi) is 8.00. The summed E-state index contributed by atoms with van der Waals surface area (Å²) < 4.78 is 0. The van der Waals surface area contributed by atoms with Gasteiger partial charge in [-0.1, -0.05) is 0 Å². The van der Waals surface area contributed by atoms with E-state index in [1.165, 1.54) is 24.8 Å². The SMILES string of the molecule is Cc1nc2c(cc1CN1CCN(C)CC1=O)CCCN2C(=O)Nc1cc(NCC2CCCS2)c(C#N)cn1. The molecule has 0 spiro atoms. The molecule has 5 rings (SSSR count). The van der Waals surface area contributed by atoms with Crippen LogP contribution in [-0.2, 0) is 17.8 Å². The number of piperazine rings is 1. The fourth-order valence-corrected chi connectivity index (χ4v) is 6.36. The molecule has 2 aromatic heterocycles. The summed E-state index contributed by atoms with van der Waals surface area (Å²) in [4.78, 5) is 40.5. The van der Waals surface area contributed by atoms with Gasteiger partial charge in [-0.05, 0) is 62.6 Å². The summed E-state index contributed by atoms with van der Waals surface area (Å²) in [6, 6.07) is 5.72. The van der Waals surface area contributed by atoms with Crippen molar-refractivity contribution in [3.63, 3.8) is 0 Å². The van der Waals surface area contributed by atoms with Crippen LogP contribution < -0.4 is 15.5 Å². The van der Waals surface area contributed by atoms with Crippen molar-refractivity contribution < 1.29 is 9.59 Å². The molecule has 3 aliphatic rings. The van der Waals surface area contributed by atoms with E-state index in [0.29, 0.717) is 54.3 Å². The molecule has 3 amide bonds. The number of hydrogen-bond acceptors (Lipinski definition) is 8. The second-order valence-corrected chi connectivity index (χ2v) is 11.6. The molecule has 2 fully saturated rings. The highest BCUT2D eigenvalue weighted by atomic mass is 32.2. The van der Waals surface area contributed by atoms with E-state index in [0.717, 1.165) is 42.8 Å².